The van der Waals surface area contributed by atoms with Crippen LogP contribution < -0.4 is 15.8 Å². The molecule has 2 aliphatic rings. The molecule has 1 aromatic heterocycles. The molecule has 134 valence electrons. The van der Waals surface area contributed by atoms with E-state index in [0.717, 1.165) is 31.6 Å². The van der Waals surface area contributed by atoms with Crippen molar-refractivity contribution < 1.29 is 9.47 Å². The number of halogens is 1. The number of guanidine groups is 1. The van der Waals surface area contributed by atoms with Gasteiger partial charge in [0.1, 0.15) is 6.10 Å². The normalized spacial score (nSPS) is 19.8. The van der Waals surface area contributed by atoms with Crippen LogP contribution in [0.25, 0.3) is 0 Å². The van der Waals surface area contributed by atoms with Crippen LogP contribution in [0.3, 0.4) is 0 Å². The average Bonchev–Trinajstić information content (AvgIpc) is 3.07. The maximum atomic E-state index is 5.97. The fourth-order valence-corrected chi connectivity index (χ4v) is 3.08. The Kier molecular flexibility index (Phi) is 8.04. The van der Waals surface area contributed by atoms with Crippen molar-refractivity contribution in [3.63, 3.8) is 0 Å². The molecule has 0 spiro atoms. The largest absolute Gasteiger partial charge is 0.474 e. The Hall–Kier alpha value is -1.09. The summed E-state index contributed by atoms with van der Waals surface area (Å²) in [7, 11) is 0. The van der Waals surface area contributed by atoms with Crippen molar-refractivity contribution in [2.24, 2.45) is 10.7 Å². The highest BCUT2D eigenvalue weighted by atomic mass is 127. The van der Waals surface area contributed by atoms with Gasteiger partial charge in [-0.15, -0.1) is 24.0 Å². The Morgan fingerprint density at radius 1 is 1.29 bits per heavy atom. The molecule has 0 atom stereocenters. The van der Waals surface area contributed by atoms with Crippen LogP contribution in [0.2, 0.25) is 0 Å². The Morgan fingerprint density at radius 3 is 2.79 bits per heavy atom. The highest BCUT2D eigenvalue weighted by Crippen LogP contribution is 2.18. The van der Waals surface area contributed by atoms with Gasteiger partial charge in [0, 0.05) is 31.1 Å². The highest BCUT2D eigenvalue weighted by Gasteiger charge is 2.16. The van der Waals surface area contributed by atoms with Crippen LogP contribution in [0, 0.1) is 0 Å². The first kappa shape index (κ1) is 19.2. The third-order valence-electron chi connectivity index (χ3n) is 4.39. The summed E-state index contributed by atoms with van der Waals surface area (Å²) in [6.45, 7) is 2.06. The lowest BCUT2D eigenvalue weighted by molar-refractivity contribution is 0.0237. The molecule has 24 heavy (non-hydrogen) atoms. The summed E-state index contributed by atoms with van der Waals surface area (Å²) >= 11 is 0. The average molecular weight is 446 g/mol. The summed E-state index contributed by atoms with van der Waals surface area (Å²) in [4.78, 5) is 8.71. The van der Waals surface area contributed by atoms with E-state index in [9.17, 15) is 0 Å². The molecular formula is C17H27IN4O2. The van der Waals surface area contributed by atoms with Crippen LogP contribution in [0.4, 0.5) is 0 Å². The molecular weight excluding hydrogens is 419 g/mol. The second-order valence-corrected chi connectivity index (χ2v) is 6.26. The fraction of sp³-hybridized carbons (Fsp3) is 0.647. The van der Waals surface area contributed by atoms with Gasteiger partial charge in [0.2, 0.25) is 5.88 Å². The zero-order valence-corrected chi connectivity index (χ0v) is 16.3. The van der Waals surface area contributed by atoms with Crippen molar-refractivity contribution in [2.75, 3.05) is 13.2 Å². The Bertz CT molecular complexity index is 529. The topological polar surface area (TPSA) is 81.8 Å². The standard InChI is InChI=1S/C17H26N4O2.HI/c18-17(21-14-3-1-2-4-14)20-12-13-5-8-19-16(11-13)23-15-6-9-22-10-7-15;/h5,8,11,14-15H,1-4,6-7,9-10,12H2,(H3,18,20,21);1H. The number of pyridine rings is 1. The van der Waals surface area contributed by atoms with Gasteiger partial charge in [-0.05, 0) is 24.5 Å². The molecule has 1 saturated heterocycles. The van der Waals surface area contributed by atoms with E-state index in [1.807, 2.05) is 12.1 Å². The van der Waals surface area contributed by atoms with E-state index in [1.165, 1.54) is 25.7 Å². The number of aliphatic imine (C=N–C) groups is 1. The molecule has 1 aliphatic heterocycles. The van der Waals surface area contributed by atoms with Crippen molar-refractivity contribution in [3.8, 4) is 5.88 Å². The quantitative estimate of drug-likeness (QED) is 0.413. The number of nitrogens with one attached hydrogen (secondary N) is 1. The lowest BCUT2D eigenvalue weighted by atomic mass is 10.1. The number of hydrogen-bond donors (Lipinski definition) is 2. The Morgan fingerprint density at radius 2 is 2.04 bits per heavy atom. The summed E-state index contributed by atoms with van der Waals surface area (Å²) in [6.07, 6.45) is 8.74. The molecule has 7 heteroatoms. The van der Waals surface area contributed by atoms with Crippen molar-refractivity contribution in [1.82, 2.24) is 10.3 Å². The van der Waals surface area contributed by atoms with Gasteiger partial charge >= 0.3 is 0 Å². The first-order valence-corrected chi connectivity index (χ1v) is 8.55. The molecule has 1 aromatic rings. The monoisotopic (exact) mass is 446 g/mol. The molecule has 0 radical (unpaired) electrons. The second-order valence-electron chi connectivity index (χ2n) is 6.26. The van der Waals surface area contributed by atoms with Crippen molar-refractivity contribution in [2.45, 2.75) is 57.2 Å². The number of aromatic nitrogens is 1. The molecule has 0 amide bonds. The van der Waals surface area contributed by atoms with E-state index in [0.29, 0.717) is 24.4 Å². The van der Waals surface area contributed by atoms with Crippen molar-refractivity contribution in [3.05, 3.63) is 23.9 Å². The van der Waals surface area contributed by atoms with E-state index in [1.54, 1.807) is 6.20 Å². The smallest absolute Gasteiger partial charge is 0.213 e. The fourth-order valence-electron chi connectivity index (χ4n) is 3.08. The van der Waals surface area contributed by atoms with E-state index < -0.39 is 0 Å². The minimum Gasteiger partial charge on any atom is -0.474 e. The number of nitrogens with zero attached hydrogens (tertiary/aromatic N) is 2. The van der Waals surface area contributed by atoms with Crippen LogP contribution in [-0.2, 0) is 11.3 Å². The van der Waals surface area contributed by atoms with Gasteiger partial charge in [-0.2, -0.15) is 0 Å². The molecule has 2 fully saturated rings. The van der Waals surface area contributed by atoms with Crippen LogP contribution in [0.15, 0.2) is 23.3 Å². The molecule has 1 saturated carbocycles. The SMILES string of the molecule is I.NC(=NCc1ccnc(OC2CCOCC2)c1)NC1CCCC1. The zero-order chi connectivity index (χ0) is 15.9. The van der Waals surface area contributed by atoms with Crippen LogP contribution in [-0.4, -0.2) is 36.3 Å². The third-order valence-corrected chi connectivity index (χ3v) is 4.39. The van der Waals surface area contributed by atoms with Crippen LogP contribution in [0.5, 0.6) is 5.88 Å². The molecule has 6 nitrogen and oxygen atoms in total. The summed E-state index contributed by atoms with van der Waals surface area (Å²) in [6, 6.07) is 4.38. The lowest BCUT2D eigenvalue weighted by Crippen LogP contribution is -2.38. The predicted octanol–water partition coefficient (Wildman–Crippen LogP) is 2.60. The van der Waals surface area contributed by atoms with Crippen LogP contribution in [0.1, 0.15) is 44.1 Å². The number of rotatable bonds is 5. The summed E-state index contributed by atoms with van der Waals surface area (Å²) in [5.74, 6) is 1.19. The molecule has 0 unspecified atom stereocenters. The van der Waals surface area contributed by atoms with Gasteiger partial charge in [-0.3, -0.25) is 0 Å². The second kappa shape index (κ2) is 10.0. The molecule has 0 aromatic carbocycles. The molecule has 1 aliphatic carbocycles. The molecule has 3 rings (SSSR count). The minimum atomic E-state index is 0. The summed E-state index contributed by atoms with van der Waals surface area (Å²) in [5.41, 5.74) is 7.02. The van der Waals surface area contributed by atoms with Gasteiger partial charge in [-0.25, -0.2) is 9.98 Å². The Balaban J connectivity index is 0.00000208. The predicted molar refractivity (Wildman–Crippen MR) is 105 cm³/mol. The number of nitrogens with two attached hydrogens (primary N) is 1. The number of ether oxygens (including phenoxy) is 2. The van der Waals surface area contributed by atoms with Gasteiger partial charge in [0.05, 0.1) is 19.8 Å². The van der Waals surface area contributed by atoms with E-state index in [-0.39, 0.29) is 30.1 Å². The molecule has 0 bridgehead atoms. The van der Waals surface area contributed by atoms with E-state index in [4.69, 9.17) is 15.2 Å². The third kappa shape index (κ3) is 6.08. The van der Waals surface area contributed by atoms with Gasteiger partial charge in [-0.1, -0.05) is 12.8 Å². The summed E-state index contributed by atoms with van der Waals surface area (Å²) in [5, 5.41) is 3.30. The van der Waals surface area contributed by atoms with Crippen molar-refractivity contribution in [1.29, 1.82) is 0 Å². The molecule has 3 N–H and O–H groups in total. The maximum absolute atomic E-state index is 5.97. The first-order chi connectivity index (χ1) is 11.3. The van der Waals surface area contributed by atoms with E-state index in [2.05, 4.69) is 15.3 Å². The van der Waals surface area contributed by atoms with E-state index >= 15 is 0 Å². The van der Waals surface area contributed by atoms with Crippen molar-refractivity contribution >= 4 is 29.9 Å². The lowest BCUT2D eigenvalue weighted by Gasteiger charge is -2.22. The van der Waals surface area contributed by atoms with Crippen LogP contribution >= 0.6 is 24.0 Å². The maximum Gasteiger partial charge on any atom is 0.213 e. The first-order valence-electron chi connectivity index (χ1n) is 8.55. The summed E-state index contributed by atoms with van der Waals surface area (Å²) < 4.78 is 11.3. The van der Waals surface area contributed by atoms with Gasteiger partial charge in [0.15, 0.2) is 5.96 Å². The van der Waals surface area contributed by atoms with Gasteiger partial charge in [0.25, 0.3) is 0 Å². The highest BCUT2D eigenvalue weighted by molar-refractivity contribution is 14.0. The number of hydrogen-bond acceptors (Lipinski definition) is 4. The Labute approximate surface area is 160 Å². The molecule has 2 heterocycles. The zero-order valence-electron chi connectivity index (χ0n) is 13.9. The van der Waals surface area contributed by atoms with Gasteiger partial charge < -0.3 is 20.5 Å². The minimum absolute atomic E-state index is 0.